The van der Waals surface area contributed by atoms with E-state index in [1.807, 2.05) is 37.3 Å². The van der Waals surface area contributed by atoms with Crippen molar-refractivity contribution in [2.24, 2.45) is 0 Å². The fraction of sp³-hybridized carbons (Fsp3) is 0.167. The van der Waals surface area contributed by atoms with E-state index in [1.165, 1.54) is 0 Å². The highest BCUT2D eigenvalue weighted by atomic mass is 35.5. The lowest BCUT2D eigenvalue weighted by atomic mass is 10.2. The second-order valence-corrected chi connectivity index (χ2v) is 3.88. The van der Waals surface area contributed by atoms with E-state index in [1.54, 1.807) is 10.9 Å². The minimum atomic E-state index is -0.221. The number of benzene rings is 1. The van der Waals surface area contributed by atoms with E-state index in [0.717, 1.165) is 11.4 Å². The molecule has 4 nitrogen and oxygen atoms in total. The number of carbonyl (C=O) groups is 1. The van der Waals surface area contributed by atoms with Crippen molar-refractivity contribution in [1.29, 1.82) is 0 Å². The summed E-state index contributed by atoms with van der Waals surface area (Å²) in [6.07, 6.45) is 1.74. The van der Waals surface area contributed by atoms with Crippen molar-refractivity contribution in [3.63, 3.8) is 0 Å². The van der Waals surface area contributed by atoms with Crippen molar-refractivity contribution >= 4 is 23.2 Å². The van der Waals surface area contributed by atoms with Crippen molar-refractivity contribution in [2.45, 2.75) is 6.92 Å². The van der Waals surface area contributed by atoms with Gasteiger partial charge in [0.2, 0.25) is 5.91 Å². The first-order chi connectivity index (χ1) is 8.20. The Bertz CT molecular complexity index is 536. The molecule has 17 heavy (non-hydrogen) atoms. The van der Waals surface area contributed by atoms with Crippen LogP contribution in [0.4, 0.5) is 5.69 Å². The number of anilines is 1. The highest BCUT2D eigenvalue weighted by Gasteiger charge is 2.03. The summed E-state index contributed by atoms with van der Waals surface area (Å²) in [7, 11) is 0. The van der Waals surface area contributed by atoms with Crippen LogP contribution in [0.1, 0.15) is 5.69 Å². The molecule has 0 bridgehead atoms. The molecule has 0 aliphatic heterocycles. The van der Waals surface area contributed by atoms with E-state index in [9.17, 15) is 4.79 Å². The smallest absolute Gasteiger partial charge is 0.239 e. The molecule has 1 N–H and O–H groups in total. The summed E-state index contributed by atoms with van der Waals surface area (Å²) >= 11 is 5.44. The van der Waals surface area contributed by atoms with E-state index in [4.69, 9.17) is 11.6 Å². The zero-order chi connectivity index (χ0) is 12.3. The van der Waals surface area contributed by atoms with Crippen LogP contribution in [0, 0.1) is 6.92 Å². The van der Waals surface area contributed by atoms with Gasteiger partial charge in [0, 0.05) is 17.6 Å². The second kappa shape index (κ2) is 5.01. The maximum absolute atomic E-state index is 11.2. The minimum Gasteiger partial charge on any atom is -0.325 e. The molecule has 0 aliphatic carbocycles. The van der Waals surface area contributed by atoms with Crippen LogP contribution < -0.4 is 5.32 Å². The molecule has 0 saturated heterocycles. The van der Waals surface area contributed by atoms with Crippen LogP contribution in [-0.2, 0) is 4.79 Å². The fourth-order valence-corrected chi connectivity index (χ4v) is 1.62. The van der Waals surface area contributed by atoms with Gasteiger partial charge in [0.25, 0.3) is 0 Å². The number of aryl methyl sites for hydroxylation is 1. The van der Waals surface area contributed by atoms with Crippen molar-refractivity contribution in [1.82, 2.24) is 9.78 Å². The summed E-state index contributed by atoms with van der Waals surface area (Å²) in [5, 5.41) is 6.91. The monoisotopic (exact) mass is 249 g/mol. The van der Waals surface area contributed by atoms with Gasteiger partial charge in [-0.05, 0) is 31.2 Å². The summed E-state index contributed by atoms with van der Waals surface area (Å²) in [4.78, 5) is 11.2. The minimum absolute atomic E-state index is 0.0506. The van der Waals surface area contributed by atoms with Crippen LogP contribution in [0.15, 0.2) is 36.5 Å². The van der Waals surface area contributed by atoms with Gasteiger partial charge in [0.15, 0.2) is 0 Å². The van der Waals surface area contributed by atoms with Gasteiger partial charge in [-0.3, -0.25) is 4.79 Å². The Morgan fingerprint density at radius 3 is 2.94 bits per heavy atom. The number of carbonyl (C=O) groups excluding carboxylic acids is 1. The Hall–Kier alpha value is -1.81. The van der Waals surface area contributed by atoms with Crippen molar-refractivity contribution in [2.75, 3.05) is 11.2 Å². The molecule has 0 atom stereocenters. The zero-order valence-corrected chi connectivity index (χ0v) is 10.1. The Balaban J connectivity index is 2.29. The van der Waals surface area contributed by atoms with Crippen molar-refractivity contribution < 1.29 is 4.79 Å². The second-order valence-electron chi connectivity index (χ2n) is 3.62. The molecule has 1 amide bonds. The van der Waals surface area contributed by atoms with Crippen LogP contribution >= 0.6 is 11.6 Å². The average molecular weight is 250 g/mol. The number of hydrogen-bond donors (Lipinski definition) is 1. The quantitative estimate of drug-likeness (QED) is 0.849. The standard InChI is InChI=1S/C12H12ClN3O/c1-9-5-6-14-16(9)11-4-2-3-10(7-11)15-12(17)8-13/h2-7H,8H2,1H3,(H,15,17). The third-order valence-electron chi connectivity index (χ3n) is 2.33. The van der Waals surface area contributed by atoms with Gasteiger partial charge in [-0.2, -0.15) is 5.10 Å². The van der Waals surface area contributed by atoms with E-state index in [0.29, 0.717) is 5.69 Å². The molecule has 1 aromatic heterocycles. The fourth-order valence-electron chi connectivity index (χ4n) is 1.55. The average Bonchev–Trinajstić information content (AvgIpc) is 2.75. The third-order valence-corrected chi connectivity index (χ3v) is 2.57. The molecule has 1 aromatic carbocycles. The highest BCUT2D eigenvalue weighted by Crippen LogP contribution is 2.15. The number of aromatic nitrogens is 2. The molecule has 2 aromatic rings. The lowest BCUT2D eigenvalue weighted by Gasteiger charge is -2.07. The molecule has 0 fully saturated rings. The number of nitrogens with zero attached hydrogens (tertiary/aromatic N) is 2. The van der Waals surface area contributed by atoms with Crippen LogP contribution in [0.25, 0.3) is 5.69 Å². The van der Waals surface area contributed by atoms with Gasteiger partial charge in [-0.25, -0.2) is 4.68 Å². The van der Waals surface area contributed by atoms with Gasteiger partial charge < -0.3 is 5.32 Å². The van der Waals surface area contributed by atoms with Crippen LogP contribution in [0.2, 0.25) is 0 Å². The zero-order valence-electron chi connectivity index (χ0n) is 9.35. The first-order valence-electron chi connectivity index (χ1n) is 5.17. The van der Waals surface area contributed by atoms with Crippen molar-refractivity contribution in [3.8, 4) is 5.69 Å². The molecule has 0 radical (unpaired) electrons. The number of halogens is 1. The Labute approximate surface area is 104 Å². The van der Waals surface area contributed by atoms with Gasteiger partial charge in [-0.1, -0.05) is 6.07 Å². The van der Waals surface area contributed by atoms with Crippen LogP contribution in [-0.4, -0.2) is 21.6 Å². The van der Waals surface area contributed by atoms with Gasteiger partial charge in [0.1, 0.15) is 5.88 Å². The molecule has 5 heteroatoms. The van der Waals surface area contributed by atoms with Crippen molar-refractivity contribution in [3.05, 3.63) is 42.2 Å². The third kappa shape index (κ3) is 2.65. The topological polar surface area (TPSA) is 46.9 Å². The molecular weight excluding hydrogens is 238 g/mol. The summed E-state index contributed by atoms with van der Waals surface area (Å²) in [5.74, 6) is -0.272. The molecule has 0 saturated carbocycles. The predicted molar refractivity (Wildman–Crippen MR) is 67.7 cm³/mol. The molecule has 0 spiro atoms. The highest BCUT2D eigenvalue weighted by molar-refractivity contribution is 6.29. The first kappa shape index (κ1) is 11.7. The number of nitrogens with one attached hydrogen (secondary N) is 1. The normalized spacial score (nSPS) is 10.2. The van der Waals surface area contributed by atoms with Gasteiger partial charge >= 0.3 is 0 Å². The molecular formula is C12H12ClN3O. The maximum atomic E-state index is 11.2. The number of hydrogen-bond acceptors (Lipinski definition) is 2. The maximum Gasteiger partial charge on any atom is 0.239 e. The lowest BCUT2D eigenvalue weighted by molar-refractivity contribution is -0.113. The number of alkyl halides is 1. The Kier molecular flexibility index (Phi) is 3.44. The SMILES string of the molecule is Cc1ccnn1-c1cccc(NC(=O)CCl)c1. The summed E-state index contributed by atoms with van der Waals surface area (Å²) < 4.78 is 1.80. The lowest BCUT2D eigenvalue weighted by Crippen LogP contribution is -2.12. The van der Waals surface area contributed by atoms with Gasteiger partial charge in [0.05, 0.1) is 5.69 Å². The molecule has 0 aliphatic rings. The molecule has 2 rings (SSSR count). The Morgan fingerprint density at radius 2 is 2.29 bits per heavy atom. The Morgan fingerprint density at radius 1 is 1.47 bits per heavy atom. The molecule has 88 valence electrons. The van der Waals surface area contributed by atoms with Gasteiger partial charge in [-0.15, -0.1) is 11.6 Å². The summed E-state index contributed by atoms with van der Waals surface area (Å²) in [5.41, 5.74) is 2.65. The van der Waals surface area contributed by atoms with E-state index >= 15 is 0 Å². The number of amides is 1. The largest absolute Gasteiger partial charge is 0.325 e. The number of rotatable bonds is 3. The van der Waals surface area contributed by atoms with Crippen LogP contribution in [0.3, 0.4) is 0 Å². The van der Waals surface area contributed by atoms with E-state index < -0.39 is 0 Å². The summed E-state index contributed by atoms with van der Waals surface area (Å²) in [6.45, 7) is 1.97. The van der Waals surface area contributed by atoms with E-state index in [-0.39, 0.29) is 11.8 Å². The molecule has 1 heterocycles. The molecule has 0 unspecified atom stereocenters. The predicted octanol–water partition coefficient (Wildman–Crippen LogP) is 2.36. The first-order valence-corrected chi connectivity index (χ1v) is 5.71. The summed E-state index contributed by atoms with van der Waals surface area (Å²) in [6, 6.07) is 9.37. The van der Waals surface area contributed by atoms with Crippen LogP contribution in [0.5, 0.6) is 0 Å². The van der Waals surface area contributed by atoms with E-state index in [2.05, 4.69) is 10.4 Å².